The average Bonchev–Trinajstić information content (AvgIpc) is 2.98. The zero-order valence-corrected chi connectivity index (χ0v) is 16.2. The summed E-state index contributed by atoms with van der Waals surface area (Å²) in [6, 6.07) is 3.96. The summed E-state index contributed by atoms with van der Waals surface area (Å²) in [6.07, 6.45) is 9.55. The minimum Gasteiger partial charge on any atom is -0.365 e. The molecule has 0 saturated heterocycles. The van der Waals surface area contributed by atoms with E-state index in [0.717, 1.165) is 28.0 Å². The maximum Gasteiger partial charge on any atom is 0.225 e. The van der Waals surface area contributed by atoms with E-state index in [0.29, 0.717) is 22.9 Å². The van der Waals surface area contributed by atoms with Crippen LogP contribution in [0, 0.1) is 0 Å². The molecule has 0 unspecified atom stereocenters. The lowest BCUT2D eigenvalue weighted by Crippen LogP contribution is -2.29. The van der Waals surface area contributed by atoms with Crippen LogP contribution in [0.2, 0.25) is 10.3 Å². The van der Waals surface area contributed by atoms with Crippen LogP contribution in [-0.2, 0) is 6.54 Å². The van der Waals surface area contributed by atoms with E-state index in [1.807, 2.05) is 12.1 Å². The molecule has 0 saturated carbocycles. The number of nitrogens with two attached hydrogens (primary N) is 1. The minimum absolute atomic E-state index is 0.0576. The van der Waals surface area contributed by atoms with E-state index in [-0.39, 0.29) is 17.2 Å². The van der Waals surface area contributed by atoms with Gasteiger partial charge in [-0.2, -0.15) is 4.98 Å². The van der Waals surface area contributed by atoms with Crippen molar-refractivity contribution in [2.75, 3.05) is 5.32 Å². The molecule has 0 amide bonds. The van der Waals surface area contributed by atoms with Crippen LogP contribution in [0.15, 0.2) is 36.7 Å². The first-order chi connectivity index (χ1) is 12.6. The van der Waals surface area contributed by atoms with Gasteiger partial charge in [0.2, 0.25) is 5.28 Å². The number of hydrogen-bond donors (Lipinski definition) is 2. The van der Waals surface area contributed by atoms with Gasteiger partial charge in [-0.25, -0.2) is 4.98 Å². The Hall–Kier alpha value is -1.73. The second-order valence-electron chi connectivity index (χ2n) is 6.22. The number of fused-ring (bicyclic) bond motifs is 1. The molecule has 0 spiro atoms. The maximum absolute atomic E-state index is 6.66. The molecule has 0 fully saturated rings. The zero-order chi connectivity index (χ0) is 18.1. The Balaban J connectivity index is 1.72. The molecule has 26 heavy (non-hydrogen) atoms. The number of halogens is 2. The van der Waals surface area contributed by atoms with Gasteiger partial charge in [-0.3, -0.25) is 4.98 Å². The van der Waals surface area contributed by atoms with Crippen molar-refractivity contribution < 1.29 is 0 Å². The number of thiophene rings is 1. The molecule has 5 nitrogen and oxygen atoms in total. The van der Waals surface area contributed by atoms with Crippen LogP contribution in [0.5, 0.6) is 0 Å². The Labute approximate surface area is 165 Å². The number of nitrogens with zero attached hydrogens (tertiary/aromatic N) is 3. The number of allylic oxidation sites excluding steroid dienone is 1. The number of rotatable bonds is 4. The third-order valence-electron chi connectivity index (χ3n) is 4.50. The average molecular weight is 406 g/mol. The van der Waals surface area contributed by atoms with Gasteiger partial charge in [-0.15, -0.1) is 11.3 Å². The molecule has 4 rings (SSSR count). The molecule has 0 aliphatic heterocycles. The summed E-state index contributed by atoms with van der Waals surface area (Å²) in [6.45, 7) is 0.613. The summed E-state index contributed by atoms with van der Waals surface area (Å²) in [5.41, 5.74) is 8.11. The number of anilines is 1. The Bertz CT molecular complexity index is 957. The van der Waals surface area contributed by atoms with Gasteiger partial charge in [-0.05, 0) is 42.1 Å². The van der Waals surface area contributed by atoms with Crippen molar-refractivity contribution in [2.45, 2.75) is 31.3 Å². The van der Waals surface area contributed by atoms with Crippen LogP contribution >= 0.6 is 34.5 Å². The highest BCUT2D eigenvalue weighted by Crippen LogP contribution is 2.44. The van der Waals surface area contributed by atoms with Gasteiger partial charge in [0.15, 0.2) is 0 Å². The van der Waals surface area contributed by atoms with Gasteiger partial charge in [0.25, 0.3) is 0 Å². The summed E-state index contributed by atoms with van der Waals surface area (Å²) in [5.74, 6) is 0.883. The summed E-state index contributed by atoms with van der Waals surface area (Å²) in [4.78, 5) is 13.8. The molecule has 3 heterocycles. The van der Waals surface area contributed by atoms with Crippen LogP contribution in [-0.4, -0.2) is 21.0 Å². The first-order valence-corrected chi connectivity index (χ1v) is 9.89. The fourth-order valence-electron chi connectivity index (χ4n) is 3.12. The van der Waals surface area contributed by atoms with Gasteiger partial charge < -0.3 is 11.1 Å². The van der Waals surface area contributed by atoms with Crippen molar-refractivity contribution in [2.24, 2.45) is 5.73 Å². The molecule has 1 aliphatic carbocycles. The van der Waals surface area contributed by atoms with E-state index < -0.39 is 0 Å². The summed E-state index contributed by atoms with van der Waals surface area (Å²) < 4.78 is 0.908. The minimum atomic E-state index is 0.0576. The molecule has 0 bridgehead atoms. The summed E-state index contributed by atoms with van der Waals surface area (Å²) >= 11 is 14.4. The second kappa shape index (κ2) is 7.48. The lowest BCUT2D eigenvalue weighted by atomic mass is 9.88. The van der Waals surface area contributed by atoms with E-state index in [9.17, 15) is 0 Å². The predicted molar refractivity (Wildman–Crippen MR) is 108 cm³/mol. The van der Waals surface area contributed by atoms with E-state index in [4.69, 9.17) is 28.9 Å². The fourth-order valence-corrected chi connectivity index (χ4v) is 5.03. The normalized spacial score (nSPS) is 19.8. The van der Waals surface area contributed by atoms with Crippen LogP contribution in [0.1, 0.15) is 29.2 Å². The largest absolute Gasteiger partial charge is 0.365 e. The van der Waals surface area contributed by atoms with Crippen molar-refractivity contribution >= 4 is 50.6 Å². The Morgan fingerprint density at radius 3 is 2.69 bits per heavy atom. The maximum atomic E-state index is 6.66. The fraction of sp³-hybridized carbons (Fsp3) is 0.278. The third-order valence-corrected chi connectivity index (χ3v) is 6.48. The number of nitrogens with one attached hydrogen (secondary N) is 1. The van der Waals surface area contributed by atoms with Crippen molar-refractivity contribution in [3.8, 4) is 0 Å². The van der Waals surface area contributed by atoms with Crippen molar-refractivity contribution in [1.82, 2.24) is 15.0 Å². The van der Waals surface area contributed by atoms with Crippen LogP contribution in [0.3, 0.4) is 0 Å². The molecule has 1 aliphatic rings. The molecular formula is C18H17Cl2N5S. The highest BCUT2D eigenvalue weighted by Gasteiger charge is 2.27. The van der Waals surface area contributed by atoms with Crippen LogP contribution < -0.4 is 11.1 Å². The van der Waals surface area contributed by atoms with Crippen molar-refractivity contribution in [3.63, 3.8) is 0 Å². The third kappa shape index (κ3) is 3.42. The number of hydrogen-bond acceptors (Lipinski definition) is 6. The first-order valence-electron chi connectivity index (χ1n) is 8.32. The molecule has 0 aromatic carbocycles. The van der Waals surface area contributed by atoms with Crippen molar-refractivity contribution in [3.05, 3.63) is 57.4 Å². The molecule has 2 atom stereocenters. The van der Waals surface area contributed by atoms with Gasteiger partial charge in [0, 0.05) is 35.8 Å². The first kappa shape index (κ1) is 17.7. The smallest absolute Gasteiger partial charge is 0.225 e. The van der Waals surface area contributed by atoms with Gasteiger partial charge in [0.05, 0.1) is 9.72 Å². The molecule has 3 aromatic rings. The quantitative estimate of drug-likeness (QED) is 0.482. The summed E-state index contributed by atoms with van der Waals surface area (Å²) in [5, 5.41) is 4.15. The van der Waals surface area contributed by atoms with Crippen molar-refractivity contribution in [1.29, 1.82) is 0 Å². The van der Waals surface area contributed by atoms with E-state index in [1.54, 1.807) is 23.7 Å². The van der Waals surface area contributed by atoms with Gasteiger partial charge in [0.1, 0.15) is 11.3 Å². The molecule has 0 radical (unpaired) electrons. The van der Waals surface area contributed by atoms with Gasteiger partial charge in [-0.1, -0.05) is 23.8 Å². The monoisotopic (exact) mass is 405 g/mol. The van der Waals surface area contributed by atoms with Gasteiger partial charge >= 0.3 is 0 Å². The number of pyridine rings is 1. The standard InChI is InChI=1S/C18H17Cl2N5S/c19-13-14-16(26-15(13)11-3-1-2-4-12(11)21)17(25-18(20)24-14)23-9-10-5-7-22-8-6-10/h1-2,5-8,11-12H,3-4,9,21H2,(H,23,24,25)/t11-,12-/m0/s1. The summed E-state index contributed by atoms with van der Waals surface area (Å²) in [7, 11) is 0. The van der Waals surface area contributed by atoms with E-state index in [1.165, 1.54) is 0 Å². The number of aromatic nitrogens is 3. The van der Waals surface area contributed by atoms with Crippen LogP contribution in [0.4, 0.5) is 5.82 Å². The Morgan fingerprint density at radius 2 is 1.92 bits per heavy atom. The Kier molecular flexibility index (Phi) is 5.09. The lowest BCUT2D eigenvalue weighted by Gasteiger charge is -2.24. The van der Waals surface area contributed by atoms with E-state index in [2.05, 4.69) is 32.4 Å². The highest BCUT2D eigenvalue weighted by atomic mass is 35.5. The molecule has 3 N–H and O–H groups in total. The zero-order valence-electron chi connectivity index (χ0n) is 13.8. The molecule has 3 aromatic heterocycles. The Morgan fingerprint density at radius 1 is 1.15 bits per heavy atom. The molecular weight excluding hydrogens is 389 g/mol. The predicted octanol–water partition coefficient (Wildman–Crippen LogP) is 4.77. The van der Waals surface area contributed by atoms with Crippen LogP contribution in [0.25, 0.3) is 10.2 Å². The lowest BCUT2D eigenvalue weighted by molar-refractivity contribution is 0.528. The topological polar surface area (TPSA) is 76.7 Å². The van der Waals surface area contributed by atoms with E-state index >= 15 is 0 Å². The molecule has 8 heteroatoms. The molecule has 134 valence electrons. The highest BCUT2D eigenvalue weighted by molar-refractivity contribution is 7.20. The SMILES string of the molecule is N[C@H]1CC=CC[C@@H]1c1sc2c(NCc3ccncc3)nc(Cl)nc2c1Cl. The second-order valence-corrected chi connectivity index (χ2v) is 7.99.